The molecule has 2 atom stereocenters. The maximum absolute atomic E-state index is 13.1. The van der Waals surface area contributed by atoms with Crippen molar-refractivity contribution in [1.82, 2.24) is 14.8 Å². The average Bonchev–Trinajstić information content (AvgIpc) is 3.40. The second-order valence-corrected chi connectivity index (χ2v) is 8.10. The van der Waals surface area contributed by atoms with Gasteiger partial charge in [-0.2, -0.15) is 4.98 Å². The van der Waals surface area contributed by atoms with E-state index in [1.165, 1.54) is 11.8 Å². The lowest BCUT2D eigenvalue weighted by Crippen LogP contribution is -2.33. The number of nitrogens with one attached hydrogen (secondary N) is 1. The highest BCUT2D eigenvalue weighted by Crippen LogP contribution is 2.45. The van der Waals surface area contributed by atoms with E-state index >= 15 is 0 Å². The van der Waals surface area contributed by atoms with Gasteiger partial charge in [-0.3, -0.25) is 4.79 Å². The molecule has 1 aliphatic carbocycles. The zero-order valence-electron chi connectivity index (χ0n) is 14.0. The molecule has 1 aliphatic heterocycles. The Balaban J connectivity index is 1.62. The third-order valence-electron chi connectivity index (χ3n) is 4.84. The zero-order chi connectivity index (χ0) is 17.7. The summed E-state index contributed by atoms with van der Waals surface area (Å²) in [4.78, 5) is 18.8. The smallest absolute Gasteiger partial charge is 0.227 e. The van der Waals surface area contributed by atoms with Crippen molar-refractivity contribution in [2.24, 2.45) is 0 Å². The highest BCUT2D eigenvalue weighted by Gasteiger charge is 2.40. The summed E-state index contributed by atoms with van der Waals surface area (Å²) >= 11 is 3.13. The maximum Gasteiger partial charge on any atom is 0.227 e. The number of rotatable bonds is 3. The Morgan fingerprint density at radius 2 is 2.27 bits per heavy atom. The van der Waals surface area contributed by atoms with Gasteiger partial charge in [0.1, 0.15) is 11.8 Å². The lowest BCUT2D eigenvalue weighted by molar-refractivity contribution is -0.116. The largest absolute Gasteiger partial charge is 0.469 e. The maximum atomic E-state index is 13.1. The van der Waals surface area contributed by atoms with Gasteiger partial charge in [0, 0.05) is 28.5 Å². The minimum Gasteiger partial charge on any atom is -0.469 e. The van der Waals surface area contributed by atoms with Crippen molar-refractivity contribution >= 4 is 34.8 Å². The van der Waals surface area contributed by atoms with Crippen molar-refractivity contribution in [3.05, 3.63) is 57.8 Å². The molecule has 0 saturated heterocycles. The van der Waals surface area contributed by atoms with E-state index in [-0.39, 0.29) is 17.7 Å². The molecule has 0 fully saturated rings. The van der Waals surface area contributed by atoms with E-state index in [0.717, 1.165) is 28.3 Å². The second-order valence-electron chi connectivity index (χ2n) is 6.35. The van der Waals surface area contributed by atoms with E-state index < -0.39 is 0 Å². The molecule has 1 N–H and O–H groups in total. The van der Waals surface area contributed by atoms with Gasteiger partial charge in [-0.15, -0.1) is 16.4 Å². The van der Waals surface area contributed by atoms with Gasteiger partial charge >= 0.3 is 0 Å². The zero-order valence-corrected chi connectivity index (χ0v) is 15.6. The van der Waals surface area contributed by atoms with Gasteiger partial charge in [0.25, 0.3) is 0 Å². The lowest BCUT2D eigenvalue weighted by Gasteiger charge is -2.33. The quantitative estimate of drug-likeness (QED) is 0.686. The number of carbonyl (C=O) groups excluding carboxylic acids is 1. The Kier molecular flexibility index (Phi) is 3.75. The molecule has 0 spiro atoms. The number of hydrogen-bond donors (Lipinski definition) is 1. The van der Waals surface area contributed by atoms with E-state index in [0.29, 0.717) is 17.5 Å². The van der Waals surface area contributed by atoms with Gasteiger partial charge in [-0.05, 0) is 36.3 Å². The molecule has 6 nitrogen and oxygen atoms in total. The number of Topliss-reactive ketones (excluding diaryl/α,β-unsaturated/α-hetero) is 1. The monoisotopic (exact) mass is 384 g/mol. The number of furan rings is 1. The summed E-state index contributed by atoms with van der Waals surface area (Å²) < 4.78 is 7.40. The summed E-state index contributed by atoms with van der Waals surface area (Å²) in [7, 11) is 0. The van der Waals surface area contributed by atoms with Crippen molar-refractivity contribution in [2.45, 2.75) is 30.0 Å². The van der Waals surface area contributed by atoms with Crippen molar-refractivity contribution in [3.8, 4) is 0 Å². The van der Waals surface area contributed by atoms with Gasteiger partial charge in [-0.1, -0.05) is 17.8 Å². The predicted molar refractivity (Wildman–Crippen MR) is 101 cm³/mol. The fourth-order valence-corrected chi connectivity index (χ4v) is 4.88. The first kappa shape index (κ1) is 15.9. The Morgan fingerprint density at radius 1 is 1.35 bits per heavy atom. The number of carbonyl (C=O) groups is 1. The number of nitrogens with zero attached hydrogens (tertiary/aromatic N) is 3. The van der Waals surface area contributed by atoms with Crippen LogP contribution in [0.25, 0.3) is 0 Å². The summed E-state index contributed by atoms with van der Waals surface area (Å²) in [5.74, 6) is 1.75. The number of hydrogen-bond acceptors (Lipinski definition) is 7. The average molecular weight is 384 g/mol. The normalized spacial score (nSPS) is 22.1. The van der Waals surface area contributed by atoms with Crippen LogP contribution in [0.2, 0.25) is 0 Å². The van der Waals surface area contributed by atoms with Crippen molar-refractivity contribution in [1.29, 1.82) is 0 Å². The number of thioether (sulfide) groups is 1. The van der Waals surface area contributed by atoms with Crippen LogP contribution >= 0.6 is 23.1 Å². The van der Waals surface area contributed by atoms with Gasteiger partial charge in [0.05, 0.1) is 6.26 Å². The molecule has 132 valence electrons. The van der Waals surface area contributed by atoms with E-state index in [1.54, 1.807) is 17.6 Å². The van der Waals surface area contributed by atoms with Crippen LogP contribution in [0.15, 0.2) is 56.8 Å². The first-order chi connectivity index (χ1) is 12.7. The number of fused-ring (bicyclic) bond motifs is 1. The Bertz CT molecular complexity index is 989. The number of allylic oxidation sites excluding steroid dienone is 2. The summed E-state index contributed by atoms with van der Waals surface area (Å²) in [6, 6.07) is 7.67. The van der Waals surface area contributed by atoms with E-state index in [4.69, 9.17) is 4.42 Å². The molecule has 0 radical (unpaired) electrons. The molecule has 26 heavy (non-hydrogen) atoms. The molecule has 5 rings (SSSR count). The van der Waals surface area contributed by atoms with Crippen LogP contribution in [-0.2, 0) is 4.79 Å². The van der Waals surface area contributed by atoms with Crippen LogP contribution in [0, 0.1) is 0 Å². The third-order valence-corrected chi connectivity index (χ3v) is 6.30. The fourth-order valence-electron chi connectivity index (χ4n) is 3.71. The number of thiophene rings is 1. The Hall–Kier alpha value is -2.32. The molecule has 4 heterocycles. The molecule has 0 aromatic carbocycles. The number of ketones is 1. The van der Waals surface area contributed by atoms with Crippen LogP contribution < -0.4 is 5.32 Å². The summed E-state index contributed by atoms with van der Waals surface area (Å²) in [6.45, 7) is 0. The van der Waals surface area contributed by atoms with Gasteiger partial charge in [-0.25, -0.2) is 4.68 Å². The predicted octanol–water partition coefficient (Wildman–Crippen LogP) is 4.07. The van der Waals surface area contributed by atoms with Crippen LogP contribution in [0.1, 0.15) is 35.4 Å². The van der Waals surface area contributed by atoms with Gasteiger partial charge in [0.15, 0.2) is 5.78 Å². The molecule has 3 aromatic heterocycles. The van der Waals surface area contributed by atoms with E-state index in [1.807, 2.05) is 34.5 Å². The number of aromatic nitrogens is 3. The topological polar surface area (TPSA) is 73.0 Å². The van der Waals surface area contributed by atoms with Crippen LogP contribution in [0.5, 0.6) is 0 Å². The molecule has 8 heteroatoms. The van der Waals surface area contributed by atoms with E-state index in [2.05, 4.69) is 21.5 Å². The Morgan fingerprint density at radius 3 is 3.00 bits per heavy atom. The van der Waals surface area contributed by atoms with Crippen molar-refractivity contribution in [3.63, 3.8) is 0 Å². The standard InChI is InChI=1S/C18H16N4O2S2/c1-25-18-20-17-19-11-8-10(13-4-2-6-24-13)9-12(23)15(11)16(22(17)21-18)14-5-3-7-26-14/h2-7,10,16H,8-9H2,1H3,(H,19,20,21). The minimum absolute atomic E-state index is 0.0576. The molecule has 3 aromatic rings. The van der Waals surface area contributed by atoms with Gasteiger partial charge in [0.2, 0.25) is 11.1 Å². The third kappa shape index (κ3) is 2.44. The fraction of sp³-hybridized carbons (Fsp3) is 0.278. The van der Waals surface area contributed by atoms with Gasteiger partial charge < -0.3 is 9.73 Å². The lowest BCUT2D eigenvalue weighted by atomic mass is 9.81. The van der Waals surface area contributed by atoms with Crippen molar-refractivity contribution in [2.75, 3.05) is 11.6 Å². The minimum atomic E-state index is -0.209. The first-order valence-electron chi connectivity index (χ1n) is 8.35. The molecule has 2 unspecified atom stereocenters. The Labute approximate surface area is 158 Å². The molecular weight excluding hydrogens is 368 g/mol. The molecule has 0 amide bonds. The number of anilines is 1. The summed E-state index contributed by atoms with van der Waals surface area (Å²) in [5, 5.41) is 10.7. The van der Waals surface area contributed by atoms with Crippen molar-refractivity contribution < 1.29 is 9.21 Å². The first-order valence-corrected chi connectivity index (χ1v) is 10.5. The SMILES string of the molecule is CSc1nc2n(n1)C(c1cccs1)C1=C(CC(c3ccco3)CC1=O)N2. The highest BCUT2D eigenvalue weighted by atomic mass is 32.2. The molecule has 0 bridgehead atoms. The summed E-state index contributed by atoms with van der Waals surface area (Å²) in [5.41, 5.74) is 1.74. The molecule has 2 aliphatic rings. The summed E-state index contributed by atoms with van der Waals surface area (Å²) in [6.07, 6.45) is 4.80. The van der Waals surface area contributed by atoms with Crippen LogP contribution in [-0.4, -0.2) is 26.8 Å². The second kappa shape index (κ2) is 6.14. The highest BCUT2D eigenvalue weighted by molar-refractivity contribution is 7.98. The van der Waals surface area contributed by atoms with E-state index in [9.17, 15) is 4.79 Å². The van der Waals surface area contributed by atoms with Crippen LogP contribution in [0.4, 0.5) is 5.95 Å². The molecule has 0 saturated carbocycles. The molecular formula is C18H16N4O2S2. The van der Waals surface area contributed by atoms with Crippen LogP contribution in [0.3, 0.4) is 0 Å².